The van der Waals surface area contributed by atoms with Gasteiger partial charge in [-0.3, -0.25) is 0 Å². The summed E-state index contributed by atoms with van der Waals surface area (Å²) in [5.41, 5.74) is 11.9. The van der Waals surface area contributed by atoms with Crippen LogP contribution in [0.25, 0.3) is 75.8 Å². The van der Waals surface area contributed by atoms with E-state index in [1.54, 1.807) is 11.3 Å². The summed E-state index contributed by atoms with van der Waals surface area (Å²) in [6.07, 6.45) is 0. The van der Waals surface area contributed by atoms with E-state index in [0.29, 0.717) is 0 Å². The first kappa shape index (κ1) is 29.4. The van der Waals surface area contributed by atoms with Crippen LogP contribution in [-0.2, 0) is 0 Å². The minimum Gasteiger partial charge on any atom is -0.456 e. The van der Waals surface area contributed by atoms with Crippen molar-refractivity contribution in [2.24, 2.45) is 0 Å². The molecule has 0 aliphatic carbocycles. The predicted octanol–water partition coefficient (Wildman–Crippen LogP) is 13.8. The normalized spacial score (nSPS) is 11.5. The smallest absolute Gasteiger partial charge is 0.136 e. The van der Waals surface area contributed by atoms with Crippen LogP contribution in [0.4, 0.5) is 17.1 Å². The van der Waals surface area contributed by atoms with Crippen LogP contribution < -0.4 is 4.90 Å². The average molecular weight is 671 g/mol. The monoisotopic (exact) mass is 670 g/mol. The molecular formula is C47H30N2OS. The van der Waals surface area contributed by atoms with Gasteiger partial charge in [-0.05, 0) is 76.2 Å². The van der Waals surface area contributed by atoms with Crippen LogP contribution in [-0.4, -0.2) is 4.98 Å². The van der Waals surface area contributed by atoms with Crippen LogP contribution in [0.5, 0.6) is 0 Å². The molecule has 0 saturated heterocycles. The van der Waals surface area contributed by atoms with Crippen LogP contribution in [0.1, 0.15) is 0 Å². The number of hydrogen-bond acceptors (Lipinski definition) is 4. The molecule has 0 spiro atoms. The van der Waals surface area contributed by atoms with Gasteiger partial charge in [0.05, 0.1) is 15.9 Å². The van der Waals surface area contributed by atoms with Crippen LogP contribution in [0.15, 0.2) is 186 Å². The second-order valence-electron chi connectivity index (χ2n) is 12.8. The zero-order valence-corrected chi connectivity index (χ0v) is 28.3. The fourth-order valence-corrected chi connectivity index (χ4v) is 8.13. The van der Waals surface area contributed by atoms with Crippen molar-refractivity contribution in [1.82, 2.24) is 4.98 Å². The molecule has 0 bridgehead atoms. The quantitative estimate of drug-likeness (QED) is 0.176. The Morgan fingerprint density at radius 1 is 0.431 bits per heavy atom. The molecule has 0 fully saturated rings. The largest absolute Gasteiger partial charge is 0.456 e. The number of anilines is 3. The van der Waals surface area contributed by atoms with Crippen LogP contribution in [0, 0.1) is 0 Å². The van der Waals surface area contributed by atoms with E-state index in [0.717, 1.165) is 70.9 Å². The number of fused-ring (bicyclic) bond motifs is 5. The lowest BCUT2D eigenvalue weighted by Gasteiger charge is -2.27. The lowest BCUT2D eigenvalue weighted by atomic mass is 10.0. The fourth-order valence-electron chi connectivity index (χ4n) is 7.15. The third-order valence-corrected chi connectivity index (χ3v) is 10.8. The van der Waals surface area contributed by atoms with E-state index in [1.807, 2.05) is 6.07 Å². The van der Waals surface area contributed by atoms with Gasteiger partial charge in [-0.1, -0.05) is 127 Å². The maximum Gasteiger partial charge on any atom is 0.136 e. The van der Waals surface area contributed by atoms with Gasteiger partial charge in [0.15, 0.2) is 0 Å². The van der Waals surface area contributed by atoms with E-state index in [1.165, 1.54) is 21.9 Å². The molecule has 10 aromatic rings. The molecule has 2 aromatic heterocycles. The summed E-state index contributed by atoms with van der Waals surface area (Å²) >= 11 is 1.70. The third kappa shape index (κ3) is 5.25. The Morgan fingerprint density at radius 2 is 1.02 bits per heavy atom. The first-order valence-corrected chi connectivity index (χ1v) is 17.9. The van der Waals surface area contributed by atoms with Gasteiger partial charge in [0, 0.05) is 39.2 Å². The van der Waals surface area contributed by atoms with Crippen LogP contribution in [0.3, 0.4) is 0 Å². The average Bonchev–Trinajstić information content (AvgIpc) is 3.78. The Kier molecular flexibility index (Phi) is 7.00. The fraction of sp³-hybridized carbons (Fsp3) is 0. The highest BCUT2D eigenvalue weighted by Crippen LogP contribution is 2.41. The van der Waals surface area contributed by atoms with Crippen molar-refractivity contribution in [2.75, 3.05) is 4.90 Å². The Bertz CT molecular complexity index is 2830. The maximum atomic E-state index is 6.36. The Morgan fingerprint density at radius 3 is 1.76 bits per heavy atom. The molecule has 51 heavy (non-hydrogen) atoms. The van der Waals surface area contributed by atoms with Gasteiger partial charge < -0.3 is 9.32 Å². The summed E-state index contributed by atoms with van der Waals surface area (Å²) < 4.78 is 7.49. The highest BCUT2D eigenvalue weighted by atomic mass is 32.1. The van der Waals surface area contributed by atoms with Gasteiger partial charge in [0.25, 0.3) is 0 Å². The van der Waals surface area contributed by atoms with Gasteiger partial charge >= 0.3 is 0 Å². The molecule has 0 N–H and O–H groups in total. The van der Waals surface area contributed by atoms with Crippen molar-refractivity contribution >= 4 is 71.3 Å². The Hall–Kier alpha value is -6.49. The molecule has 0 aliphatic heterocycles. The van der Waals surface area contributed by atoms with Crippen LogP contribution in [0.2, 0.25) is 0 Å². The number of furan rings is 1. The van der Waals surface area contributed by atoms with Crippen LogP contribution >= 0.6 is 11.3 Å². The number of thiazole rings is 1. The molecule has 240 valence electrons. The van der Waals surface area contributed by atoms with E-state index < -0.39 is 0 Å². The summed E-state index contributed by atoms with van der Waals surface area (Å²) in [7, 11) is 0. The molecular weight excluding hydrogens is 641 g/mol. The second kappa shape index (κ2) is 12.1. The number of rotatable bonds is 6. The third-order valence-electron chi connectivity index (χ3n) is 9.70. The van der Waals surface area contributed by atoms with Crippen molar-refractivity contribution in [3.63, 3.8) is 0 Å². The number of nitrogens with zero attached hydrogens (tertiary/aromatic N) is 2. The van der Waals surface area contributed by atoms with Crippen molar-refractivity contribution in [3.05, 3.63) is 182 Å². The molecule has 0 unspecified atom stereocenters. The van der Waals surface area contributed by atoms with Crippen molar-refractivity contribution in [1.29, 1.82) is 0 Å². The van der Waals surface area contributed by atoms with Gasteiger partial charge in [0.1, 0.15) is 16.2 Å². The predicted molar refractivity (Wildman–Crippen MR) is 215 cm³/mol. The van der Waals surface area contributed by atoms with Gasteiger partial charge in [0.2, 0.25) is 0 Å². The van der Waals surface area contributed by atoms with Crippen molar-refractivity contribution < 1.29 is 4.42 Å². The molecule has 10 rings (SSSR count). The van der Waals surface area contributed by atoms with E-state index >= 15 is 0 Å². The highest BCUT2D eigenvalue weighted by molar-refractivity contribution is 7.21. The molecule has 0 aliphatic rings. The summed E-state index contributed by atoms with van der Waals surface area (Å²) in [5, 5.41) is 5.62. The minimum atomic E-state index is 0.882. The lowest BCUT2D eigenvalue weighted by molar-refractivity contribution is 0.669. The highest BCUT2D eigenvalue weighted by Gasteiger charge is 2.17. The SMILES string of the molecule is c1ccc(-c2ccc(N(c3ccc(-c4ccc5oc6cc7sc(-c8ccccc8)nc7cc6c5c4)cc3)c3cccc4ccccc34)cc2)cc1. The zero-order valence-electron chi connectivity index (χ0n) is 27.5. The van der Waals surface area contributed by atoms with Gasteiger partial charge in [-0.2, -0.15) is 0 Å². The maximum absolute atomic E-state index is 6.36. The summed E-state index contributed by atoms with van der Waals surface area (Å²) in [6.45, 7) is 0. The van der Waals surface area contributed by atoms with Gasteiger partial charge in [-0.15, -0.1) is 11.3 Å². The molecule has 0 atom stereocenters. The first-order chi connectivity index (χ1) is 25.2. The van der Waals surface area contributed by atoms with Gasteiger partial charge in [-0.25, -0.2) is 4.98 Å². The van der Waals surface area contributed by atoms with Crippen molar-refractivity contribution in [2.45, 2.75) is 0 Å². The standard InChI is InChI=1S/C47H30N2OS/c1-3-10-31(11-4-1)32-18-23-37(24-19-32)49(43-17-9-15-34-12-7-8-16-39(34)43)38-25-20-33(21-26-38)36-22-27-44-40(28-36)41-29-42-46(30-45(41)50-44)51-47(48-42)35-13-5-2-6-14-35/h1-30H. The summed E-state index contributed by atoms with van der Waals surface area (Å²) in [6, 6.07) is 64.6. The first-order valence-electron chi connectivity index (χ1n) is 17.1. The van der Waals surface area contributed by atoms with E-state index in [4.69, 9.17) is 9.40 Å². The minimum absolute atomic E-state index is 0.882. The molecule has 4 heteroatoms. The number of aromatic nitrogens is 1. The zero-order chi connectivity index (χ0) is 33.7. The Balaban J connectivity index is 1.04. The van der Waals surface area contributed by atoms with E-state index in [2.05, 4.69) is 181 Å². The topological polar surface area (TPSA) is 29.3 Å². The number of hydrogen-bond donors (Lipinski definition) is 0. The van der Waals surface area contributed by atoms with E-state index in [9.17, 15) is 0 Å². The molecule has 2 heterocycles. The molecule has 0 amide bonds. The lowest BCUT2D eigenvalue weighted by Crippen LogP contribution is -2.10. The molecule has 0 radical (unpaired) electrons. The summed E-state index contributed by atoms with van der Waals surface area (Å²) in [5.74, 6) is 0. The molecule has 0 saturated carbocycles. The Labute approximate surface area is 299 Å². The second-order valence-corrected chi connectivity index (χ2v) is 13.8. The summed E-state index contributed by atoms with van der Waals surface area (Å²) in [4.78, 5) is 7.35. The molecule has 3 nitrogen and oxygen atoms in total. The molecule has 8 aromatic carbocycles. The number of benzene rings is 8. The van der Waals surface area contributed by atoms with E-state index in [-0.39, 0.29) is 0 Å². The van der Waals surface area contributed by atoms with Crippen molar-refractivity contribution in [3.8, 4) is 32.8 Å².